The normalized spacial score (nSPS) is 11.2. The molecule has 0 spiro atoms. The average Bonchev–Trinajstić information content (AvgIpc) is 2.28. The SMILES string of the molecule is CC(C)OCCN(C)Cc1cccnc1C(=O)O. The molecule has 0 aliphatic heterocycles. The van der Waals surface area contributed by atoms with Gasteiger partial charge in [-0.2, -0.15) is 0 Å². The number of hydrogen-bond acceptors (Lipinski definition) is 4. The molecule has 1 heterocycles. The fourth-order valence-corrected chi connectivity index (χ4v) is 1.57. The second kappa shape index (κ2) is 7.08. The van der Waals surface area contributed by atoms with E-state index in [0.29, 0.717) is 13.2 Å². The van der Waals surface area contributed by atoms with Gasteiger partial charge in [-0.25, -0.2) is 9.78 Å². The van der Waals surface area contributed by atoms with E-state index in [1.165, 1.54) is 6.20 Å². The molecule has 0 radical (unpaired) electrons. The molecule has 5 heteroatoms. The van der Waals surface area contributed by atoms with Crippen LogP contribution in [-0.2, 0) is 11.3 Å². The number of carbonyl (C=O) groups is 1. The van der Waals surface area contributed by atoms with Crippen LogP contribution in [0.5, 0.6) is 0 Å². The highest BCUT2D eigenvalue weighted by Crippen LogP contribution is 2.08. The summed E-state index contributed by atoms with van der Waals surface area (Å²) in [5, 5.41) is 9.02. The Morgan fingerprint density at radius 1 is 1.56 bits per heavy atom. The molecule has 0 amide bonds. The van der Waals surface area contributed by atoms with Crippen molar-refractivity contribution >= 4 is 5.97 Å². The lowest BCUT2D eigenvalue weighted by Crippen LogP contribution is -2.25. The summed E-state index contributed by atoms with van der Waals surface area (Å²) in [5.74, 6) is -0.988. The Hall–Kier alpha value is -1.46. The predicted molar refractivity (Wildman–Crippen MR) is 68.6 cm³/mol. The summed E-state index contributed by atoms with van der Waals surface area (Å²) in [6.07, 6.45) is 1.71. The number of pyridine rings is 1. The summed E-state index contributed by atoms with van der Waals surface area (Å²) in [4.78, 5) is 16.9. The van der Waals surface area contributed by atoms with Crippen LogP contribution in [0.3, 0.4) is 0 Å². The lowest BCUT2D eigenvalue weighted by atomic mass is 10.2. The van der Waals surface area contributed by atoms with Crippen molar-refractivity contribution in [1.82, 2.24) is 9.88 Å². The first-order valence-corrected chi connectivity index (χ1v) is 5.98. The molecule has 1 aromatic rings. The van der Waals surface area contributed by atoms with Crippen molar-refractivity contribution in [2.75, 3.05) is 20.2 Å². The third-order valence-electron chi connectivity index (χ3n) is 2.46. The number of nitrogens with zero attached hydrogens (tertiary/aromatic N) is 2. The molecular weight excluding hydrogens is 232 g/mol. The topological polar surface area (TPSA) is 62.7 Å². The summed E-state index contributed by atoms with van der Waals surface area (Å²) in [6, 6.07) is 3.54. The largest absolute Gasteiger partial charge is 0.477 e. The molecule has 0 saturated heterocycles. The van der Waals surface area contributed by atoms with Crippen molar-refractivity contribution < 1.29 is 14.6 Å². The van der Waals surface area contributed by atoms with Gasteiger partial charge in [0.2, 0.25) is 0 Å². The molecule has 0 aromatic carbocycles. The lowest BCUT2D eigenvalue weighted by Gasteiger charge is -2.18. The maximum atomic E-state index is 11.0. The van der Waals surface area contributed by atoms with E-state index < -0.39 is 5.97 Å². The van der Waals surface area contributed by atoms with Gasteiger partial charge in [0.15, 0.2) is 5.69 Å². The van der Waals surface area contributed by atoms with Gasteiger partial charge in [-0.1, -0.05) is 6.07 Å². The molecule has 1 N–H and O–H groups in total. The van der Waals surface area contributed by atoms with Crippen molar-refractivity contribution in [3.63, 3.8) is 0 Å². The number of likely N-dealkylation sites (N-methyl/N-ethyl adjacent to an activating group) is 1. The zero-order valence-corrected chi connectivity index (χ0v) is 11.1. The Balaban J connectivity index is 2.53. The van der Waals surface area contributed by atoms with Crippen LogP contribution in [0.15, 0.2) is 18.3 Å². The van der Waals surface area contributed by atoms with Crippen LogP contribution in [0.1, 0.15) is 29.9 Å². The Morgan fingerprint density at radius 2 is 2.28 bits per heavy atom. The van der Waals surface area contributed by atoms with E-state index in [1.807, 2.05) is 25.8 Å². The van der Waals surface area contributed by atoms with Crippen molar-refractivity contribution in [3.05, 3.63) is 29.6 Å². The number of carboxylic acid groups (broad SMARTS) is 1. The van der Waals surface area contributed by atoms with E-state index in [2.05, 4.69) is 4.98 Å². The van der Waals surface area contributed by atoms with E-state index in [-0.39, 0.29) is 11.8 Å². The van der Waals surface area contributed by atoms with E-state index in [0.717, 1.165) is 12.1 Å². The number of aromatic nitrogens is 1. The fraction of sp³-hybridized carbons (Fsp3) is 0.538. The molecule has 0 saturated carbocycles. The molecule has 1 aromatic heterocycles. The fourth-order valence-electron chi connectivity index (χ4n) is 1.57. The molecule has 5 nitrogen and oxygen atoms in total. The summed E-state index contributed by atoms with van der Waals surface area (Å²) >= 11 is 0. The van der Waals surface area contributed by atoms with Gasteiger partial charge in [0, 0.05) is 19.3 Å². The average molecular weight is 252 g/mol. The molecule has 0 atom stereocenters. The number of rotatable bonds is 7. The first kappa shape index (κ1) is 14.6. The minimum Gasteiger partial charge on any atom is -0.477 e. The van der Waals surface area contributed by atoms with Crippen LogP contribution in [0.4, 0.5) is 0 Å². The van der Waals surface area contributed by atoms with Gasteiger partial charge < -0.3 is 9.84 Å². The summed E-state index contributed by atoms with van der Waals surface area (Å²) in [5.41, 5.74) is 0.839. The van der Waals surface area contributed by atoms with Crippen LogP contribution in [0.2, 0.25) is 0 Å². The number of carboxylic acids is 1. The van der Waals surface area contributed by atoms with Gasteiger partial charge in [-0.3, -0.25) is 4.90 Å². The molecule has 0 unspecified atom stereocenters. The summed E-state index contributed by atoms with van der Waals surface area (Å²) < 4.78 is 5.45. The molecule has 18 heavy (non-hydrogen) atoms. The molecular formula is C13H20N2O3. The first-order valence-electron chi connectivity index (χ1n) is 5.98. The standard InChI is InChI=1S/C13H20N2O3/c1-10(2)18-8-7-15(3)9-11-5-4-6-14-12(11)13(16)17/h4-6,10H,7-9H2,1-3H3,(H,16,17). The molecule has 0 bridgehead atoms. The van der Waals surface area contributed by atoms with Crippen molar-refractivity contribution in [2.24, 2.45) is 0 Å². The van der Waals surface area contributed by atoms with Crippen LogP contribution in [0.25, 0.3) is 0 Å². The minimum absolute atomic E-state index is 0.120. The second-order valence-electron chi connectivity index (χ2n) is 4.47. The van der Waals surface area contributed by atoms with E-state index in [9.17, 15) is 4.79 Å². The Morgan fingerprint density at radius 3 is 2.89 bits per heavy atom. The summed E-state index contributed by atoms with van der Waals surface area (Å²) in [6.45, 7) is 5.92. The van der Waals surface area contributed by atoms with Crippen LogP contribution in [0, 0.1) is 0 Å². The maximum Gasteiger partial charge on any atom is 0.354 e. The third kappa shape index (κ3) is 4.81. The Kier molecular flexibility index (Phi) is 5.74. The highest BCUT2D eigenvalue weighted by atomic mass is 16.5. The Bertz CT molecular complexity index is 394. The lowest BCUT2D eigenvalue weighted by molar-refractivity contribution is 0.0623. The maximum absolute atomic E-state index is 11.0. The molecule has 1 rings (SSSR count). The minimum atomic E-state index is -0.988. The number of ether oxygens (including phenoxy) is 1. The van der Waals surface area contributed by atoms with Gasteiger partial charge in [0.05, 0.1) is 12.7 Å². The van der Waals surface area contributed by atoms with E-state index >= 15 is 0 Å². The molecule has 0 aliphatic rings. The summed E-state index contributed by atoms with van der Waals surface area (Å²) in [7, 11) is 1.93. The molecule has 0 fully saturated rings. The monoisotopic (exact) mass is 252 g/mol. The van der Waals surface area contributed by atoms with Gasteiger partial charge in [0.25, 0.3) is 0 Å². The third-order valence-corrected chi connectivity index (χ3v) is 2.46. The van der Waals surface area contributed by atoms with E-state index in [1.54, 1.807) is 12.1 Å². The number of hydrogen-bond donors (Lipinski definition) is 1. The van der Waals surface area contributed by atoms with Gasteiger partial charge >= 0.3 is 5.97 Å². The van der Waals surface area contributed by atoms with Gasteiger partial charge in [-0.05, 0) is 32.5 Å². The van der Waals surface area contributed by atoms with E-state index in [4.69, 9.17) is 9.84 Å². The van der Waals surface area contributed by atoms with Crippen molar-refractivity contribution in [2.45, 2.75) is 26.5 Å². The second-order valence-corrected chi connectivity index (χ2v) is 4.47. The zero-order chi connectivity index (χ0) is 13.5. The van der Waals surface area contributed by atoms with Gasteiger partial charge in [0.1, 0.15) is 0 Å². The number of aromatic carboxylic acids is 1. The first-order chi connectivity index (χ1) is 8.50. The zero-order valence-electron chi connectivity index (χ0n) is 11.1. The van der Waals surface area contributed by atoms with Crippen LogP contribution < -0.4 is 0 Å². The smallest absolute Gasteiger partial charge is 0.354 e. The highest BCUT2D eigenvalue weighted by molar-refractivity contribution is 5.86. The molecule has 0 aliphatic carbocycles. The van der Waals surface area contributed by atoms with Crippen LogP contribution >= 0.6 is 0 Å². The van der Waals surface area contributed by atoms with Gasteiger partial charge in [-0.15, -0.1) is 0 Å². The quantitative estimate of drug-likeness (QED) is 0.799. The van der Waals surface area contributed by atoms with Crippen LogP contribution in [-0.4, -0.2) is 47.3 Å². The van der Waals surface area contributed by atoms with Crippen molar-refractivity contribution in [1.29, 1.82) is 0 Å². The molecule has 100 valence electrons. The van der Waals surface area contributed by atoms with Crippen molar-refractivity contribution in [3.8, 4) is 0 Å². The Labute approximate surface area is 107 Å². The highest BCUT2D eigenvalue weighted by Gasteiger charge is 2.12. The predicted octanol–water partition coefficient (Wildman–Crippen LogP) is 1.64.